The van der Waals surface area contributed by atoms with Crippen molar-refractivity contribution >= 4 is 10.0 Å². The van der Waals surface area contributed by atoms with Crippen LogP contribution in [0.3, 0.4) is 0 Å². The normalized spacial score (nSPS) is 12.4. The fourth-order valence-electron chi connectivity index (χ4n) is 0.533. The van der Waals surface area contributed by atoms with Crippen LogP contribution in [0.4, 0.5) is 0 Å². The van der Waals surface area contributed by atoms with Gasteiger partial charge < -0.3 is 0 Å². The molecule has 62 valence electrons. The summed E-state index contributed by atoms with van der Waals surface area (Å²) >= 11 is 0. The number of nitrogens with one attached hydrogen (secondary N) is 1. The molecule has 0 radical (unpaired) electrons. The fourth-order valence-corrected chi connectivity index (χ4v) is 1.02. The maximum atomic E-state index is 10.5. The van der Waals surface area contributed by atoms with Crippen LogP contribution in [0.25, 0.3) is 0 Å². The molecule has 0 spiro atoms. The molecule has 4 heteroatoms. The van der Waals surface area contributed by atoms with Gasteiger partial charge >= 0.3 is 0 Å². The van der Waals surface area contributed by atoms with E-state index >= 15 is 0 Å². The Balaban J connectivity index is 3.39. The molecule has 0 saturated heterocycles. The molecule has 0 saturated carbocycles. The highest BCUT2D eigenvalue weighted by molar-refractivity contribution is 7.88. The third-order valence-corrected chi connectivity index (χ3v) is 1.81. The average Bonchev–Trinajstić information content (AvgIpc) is 1.59. The molecule has 0 aliphatic rings. The first-order chi connectivity index (χ1) is 4.42. The molecule has 0 aromatic heterocycles. The van der Waals surface area contributed by atoms with Crippen LogP contribution in [-0.4, -0.2) is 21.2 Å². The zero-order valence-corrected chi connectivity index (χ0v) is 7.53. The summed E-state index contributed by atoms with van der Waals surface area (Å²) in [5, 5.41) is 0. The van der Waals surface area contributed by atoms with E-state index in [-0.39, 0.29) is 0 Å². The highest BCUT2D eigenvalue weighted by Crippen LogP contribution is 1.96. The first-order valence-corrected chi connectivity index (χ1v) is 5.25. The predicted octanol–water partition coefficient (Wildman–Crippen LogP) is 0.582. The molecule has 10 heavy (non-hydrogen) atoms. The van der Waals surface area contributed by atoms with Gasteiger partial charge in [0.2, 0.25) is 10.0 Å². The van der Waals surface area contributed by atoms with Crippen LogP contribution in [0.1, 0.15) is 20.3 Å². The van der Waals surface area contributed by atoms with E-state index in [2.05, 4.69) is 18.6 Å². The Labute approximate surface area is 62.9 Å². The summed E-state index contributed by atoms with van der Waals surface area (Å²) in [7, 11) is -2.97. The van der Waals surface area contributed by atoms with Gasteiger partial charge in [-0.3, -0.25) is 0 Å². The van der Waals surface area contributed by atoms with Gasteiger partial charge in [0.15, 0.2) is 0 Å². The highest BCUT2D eigenvalue weighted by atomic mass is 32.2. The van der Waals surface area contributed by atoms with Crippen molar-refractivity contribution in [2.45, 2.75) is 20.3 Å². The zero-order valence-electron chi connectivity index (χ0n) is 6.72. The number of hydrogen-bond donors (Lipinski definition) is 1. The van der Waals surface area contributed by atoms with Crippen molar-refractivity contribution in [1.82, 2.24) is 4.72 Å². The average molecular weight is 165 g/mol. The molecule has 0 aromatic carbocycles. The summed E-state index contributed by atoms with van der Waals surface area (Å²) in [6, 6.07) is 0. The van der Waals surface area contributed by atoms with Gasteiger partial charge in [0.25, 0.3) is 0 Å². The van der Waals surface area contributed by atoms with Gasteiger partial charge in [-0.15, -0.1) is 0 Å². The van der Waals surface area contributed by atoms with Crippen molar-refractivity contribution in [2.75, 3.05) is 12.8 Å². The number of hydrogen-bond acceptors (Lipinski definition) is 2. The number of rotatable bonds is 4. The number of sulfonamides is 1. The quantitative estimate of drug-likeness (QED) is 0.662. The van der Waals surface area contributed by atoms with E-state index in [4.69, 9.17) is 0 Å². The van der Waals surface area contributed by atoms with Crippen molar-refractivity contribution in [3.8, 4) is 0 Å². The Morgan fingerprint density at radius 3 is 2.20 bits per heavy atom. The molecule has 0 bridgehead atoms. The van der Waals surface area contributed by atoms with Gasteiger partial charge in [-0.25, -0.2) is 13.1 Å². The molecule has 0 fully saturated rings. The zero-order chi connectivity index (χ0) is 8.20. The second-order valence-corrected chi connectivity index (χ2v) is 4.68. The third-order valence-electron chi connectivity index (χ3n) is 1.09. The molecule has 0 unspecified atom stereocenters. The Hall–Kier alpha value is -0.0900. The molecule has 0 amide bonds. The summed E-state index contributed by atoms with van der Waals surface area (Å²) in [4.78, 5) is 0. The molecule has 3 nitrogen and oxygen atoms in total. The molecular weight excluding hydrogens is 150 g/mol. The van der Waals surface area contributed by atoms with Crippen molar-refractivity contribution < 1.29 is 8.42 Å². The third kappa shape index (κ3) is 7.91. The van der Waals surface area contributed by atoms with Gasteiger partial charge in [0.05, 0.1) is 6.26 Å². The van der Waals surface area contributed by atoms with Gasteiger partial charge in [-0.05, 0) is 12.3 Å². The summed E-state index contributed by atoms with van der Waals surface area (Å²) in [6.07, 6.45) is 2.07. The minimum absolute atomic E-state index is 0.550. The van der Waals surface area contributed by atoms with Crippen LogP contribution in [0.5, 0.6) is 0 Å². The van der Waals surface area contributed by atoms with Gasteiger partial charge in [0.1, 0.15) is 0 Å². The van der Waals surface area contributed by atoms with Crippen molar-refractivity contribution in [3.63, 3.8) is 0 Å². The maximum absolute atomic E-state index is 10.5. The Kier molecular flexibility index (Phi) is 3.89. The first kappa shape index (κ1) is 9.91. The molecule has 0 aromatic rings. The second-order valence-electron chi connectivity index (χ2n) is 2.85. The van der Waals surface area contributed by atoms with E-state index < -0.39 is 10.0 Å². The lowest BCUT2D eigenvalue weighted by atomic mass is 10.1. The van der Waals surface area contributed by atoms with Crippen LogP contribution >= 0.6 is 0 Å². The topological polar surface area (TPSA) is 46.2 Å². The summed E-state index contributed by atoms with van der Waals surface area (Å²) in [5.74, 6) is 0.550. The van der Waals surface area contributed by atoms with E-state index in [9.17, 15) is 8.42 Å². The fraction of sp³-hybridized carbons (Fsp3) is 1.00. The standard InChI is InChI=1S/C6H15NO2S/c1-6(2)4-5-7-10(3,8)9/h6-7H,4-5H2,1-3H3. The minimum atomic E-state index is -2.97. The SMILES string of the molecule is CC(C)CCNS(C)(=O)=O. The van der Waals surface area contributed by atoms with Gasteiger partial charge in [0, 0.05) is 6.54 Å². The second kappa shape index (κ2) is 3.93. The molecular formula is C6H15NO2S. The summed E-state index contributed by atoms with van der Waals surface area (Å²) < 4.78 is 23.4. The van der Waals surface area contributed by atoms with E-state index in [1.54, 1.807) is 0 Å². The Morgan fingerprint density at radius 2 is 1.90 bits per heavy atom. The van der Waals surface area contributed by atoms with Crippen LogP contribution in [-0.2, 0) is 10.0 Å². The lowest BCUT2D eigenvalue weighted by Gasteiger charge is -2.03. The molecule has 0 atom stereocenters. The van der Waals surface area contributed by atoms with E-state index in [1.165, 1.54) is 6.26 Å². The molecule has 0 heterocycles. The Morgan fingerprint density at radius 1 is 1.40 bits per heavy atom. The van der Waals surface area contributed by atoms with Crippen LogP contribution in [0.15, 0.2) is 0 Å². The van der Waals surface area contributed by atoms with E-state index in [0.29, 0.717) is 12.5 Å². The predicted molar refractivity (Wildman–Crippen MR) is 42.3 cm³/mol. The van der Waals surface area contributed by atoms with Crippen LogP contribution in [0.2, 0.25) is 0 Å². The minimum Gasteiger partial charge on any atom is -0.215 e. The Bertz CT molecular complexity index is 172. The van der Waals surface area contributed by atoms with Crippen molar-refractivity contribution in [2.24, 2.45) is 5.92 Å². The van der Waals surface area contributed by atoms with Gasteiger partial charge in [-0.2, -0.15) is 0 Å². The van der Waals surface area contributed by atoms with Crippen LogP contribution < -0.4 is 4.72 Å². The molecule has 0 aliphatic carbocycles. The van der Waals surface area contributed by atoms with Crippen LogP contribution in [0, 0.1) is 5.92 Å². The van der Waals surface area contributed by atoms with Crippen molar-refractivity contribution in [3.05, 3.63) is 0 Å². The summed E-state index contributed by atoms with van der Waals surface area (Å²) in [5.41, 5.74) is 0. The monoisotopic (exact) mass is 165 g/mol. The smallest absolute Gasteiger partial charge is 0.208 e. The molecule has 0 rings (SSSR count). The molecule has 1 N–H and O–H groups in total. The van der Waals surface area contributed by atoms with E-state index in [0.717, 1.165) is 6.42 Å². The van der Waals surface area contributed by atoms with Gasteiger partial charge in [-0.1, -0.05) is 13.8 Å². The highest BCUT2D eigenvalue weighted by Gasteiger charge is 1.99. The largest absolute Gasteiger partial charge is 0.215 e. The van der Waals surface area contributed by atoms with Crippen molar-refractivity contribution in [1.29, 1.82) is 0 Å². The molecule has 0 aliphatic heterocycles. The lowest BCUT2D eigenvalue weighted by molar-refractivity contribution is 0.555. The lowest BCUT2D eigenvalue weighted by Crippen LogP contribution is -2.23. The van der Waals surface area contributed by atoms with E-state index in [1.807, 2.05) is 0 Å². The first-order valence-electron chi connectivity index (χ1n) is 3.36. The summed E-state index contributed by atoms with van der Waals surface area (Å²) in [6.45, 7) is 4.67. The maximum Gasteiger partial charge on any atom is 0.208 e.